The van der Waals surface area contributed by atoms with Crippen LogP contribution in [0.2, 0.25) is 0 Å². The van der Waals surface area contributed by atoms with Crippen LogP contribution in [0.25, 0.3) is 0 Å². The van der Waals surface area contributed by atoms with Gasteiger partial charge in [-0.05, 0) is 43.2 Å². The van der Waals surface area contributed by atoms with Crippen molar-refractivity contribution in [2.75, 3.05) is 13.1 Å². The number of nitrogens with zero attached hydrogens (tertiary/aromatic N) is 1. The second-order valence-corrected chi connectivity index (χ2v) is 7.95. The number of rotatable bonds is 2. The van der Waals surface area contributed by atoms with Crippen molar-refractivity contribution >= 4 is 10.0 Å². The molecule has 0 aromatic heterocycles. The van der Waals surface area contributed by atoms with Crippen molar-refractivity contribution < 1.29 is 12.8 Å². The second kappa shape index (κ2) is 5.11. The molecule has 0 N–H and O–H groups in total. The Hall–Kier alpha value is -0.940. The van der Waals surface area contributed by atoms with Gasteiger partial charge in [-0.3, -0.25) is 0 Å². The minimum Gasteiger partial charge on any atom is -0.207 e. The van der Waals surface area contributed by atoms with Crippen molar-refractivity contribution in [3.05, 3.63) is 30.1 Å². The maximum absolute atomic E-state index is 13.7. The molecule has 1 heterocycles. The van der Waals surface area contributed by atoms with Crippen LogP contribution in [-0.2, 0) is 10.0 Å². The molecule has 1 spiro atoms. The molecule has 20 heavy (non-hydrogen) atoms. The van der Waals surface area contributed by atoms with Gasteiger partial charge < -0.3 is 0 Å². The molecule has 3 rings (SSSR count). The first-order valence-electron chi connectivity index (χ1n) is 7.28. The minimum atomic E-state index is -3.68. The molecular formula is C15H20FNO2S. The molecule has 0 amide bonds. The lowest BCUT2D eigenvalue weighted by Crippen LogP contribution is -2.42. The fourth-order valence-corrected chi connectivity index (χ4v) is 5.13. The molecule has 2 fully saturated rings. The molecule has 2 aliphatic rings. The lowest BCUT2D eigenvalue weighted by molar-refractivity contribution is 0.160. The zero-order chi connectivity index (χ0) is 14.2. The topological polar surface area (TPSA) is 37.4 Å². The third-order valence-electron chi connectivity index (χ3n) is 4.90. The predicted octanol–water partition coefficient (Wildman–Crippen LogP) is 3.17. The first kappa shape index (κ1) is 14.0. The molecular weight excluding hydrogens is 277 g/mol. The Morgan fingerprint density at radius 1 is 1.00 bits per heavy atom. The van der Waals surface area contributed by atoms with Crippen molar-refractivity contribution in [3.8, 4) is 0 Å². The van der Waals surface area contributed by atoms with E-state index in [1.165, 1.54) is 48.2 Å². The zero-order valence-corrected chi connectivity index (χ0v) is 12.3. The van der Waals surface area contributed by atoms with Gasteiger partial charge in [-0.25, -0.2) is 12.8 Å². The monoisotopic (exact) mass is 297 g/mol. The maximum atomic E-state index is 13.7. The lowest BCUT2D eigenvalue weighted by atomic mass is 9.78. The van der Waals surface area contributed by atoms with Crippen LogP contribution in [0.5, 0.6) is 0 Å². The molecule has 0 bridgehead atoms. The first-order valence-corrected chi connectivity index (χ1v) is 8.72. The van der Waals surface area contributed by atoms with Crippen LogP contribution in [0.15, 0.2) is 29.2 Å². The summed E-state index contributed by atoms with van der Waals surface area (Å²) in [6, 6.07) is 5.64. The maximum Gasteiger partial charge on any atom is 0.245 e. The van der Waals surface area contributed by atoms with Crippen molar-refractivity contribution in [2.24, 2.45) is 5.41 Å². The van der Waals surface area contributed by atoms with E-state index in [-0.39, 0.29) is 4.90 Å². The highest BCUT2D eigenvalue weighted by molar-refractivity contribution is 7.89. The number of hydrogen-bond donors (Lipinski definition) is 0. The highest BCUT2D eigenvalue weighted by atomic mass is 32.2. The standard InChI is InChI=1S/C15H20FNO2S/c16-13-5-1-2-6-14(13)20(18,19)17-11-9-15(10-12-17)7-3-4-8-15/h1-2,5-6H,3-4,7-12H2. The van der Waals surface area contributed by atoms with E-state index in [0.29, 0.717) is 18.5 Å². The average Bonchev–Trinajstić information content (AvgIpc) is 2.88. The summed E-state index contributed by atoms with van der Waals surface area (Å²) in [4.78, 5) is -0.192. The zero-order valence-electron chi connectivity index (χ0n) is 11.5. The van der Waals surface area contributed by atoms with Crippen LogP contribution in [0.3, 0.4) is 0 Å². The number of sulfonamides is 1. The number of halogens is 1. The normalized spacial score (nSPS) is 23.2. The molecule has 0 radical (unpaired) electrons. The lowest BCUT2D eigenvalue weighted by Gasteiger charge is -2.38. The summed E-state index contributed by atoms with van der Waals surface area (Å²) in [7, 11) is -3.68. The summed E-state index contributed by atoms with van der Waals surface area (Å²) in [6.07, 6.45) is 6.81. The Kier molecular flexibility index (Phi) is 3.58. The van der Waals surface area contributed by atoms with Crippen LogP contribution >= 0.6 is 0 Å². The molecule has 1 saturated carbocycles. The average molecular weight is 297 g/mol. The highest BCUT2D eigenvalue weighted by Gasteiger charge is 2.40. The molecule has 1 aromatic rings. The van der Waals surface area contributed by atoms with Crippen LogP contribution in [0.4, 0.5) is 4.39 Å². The third kappa shape index (κ3) is 2.37. The van der Waals surface area contributed by atoms with Gasteiger partial charge in [0.1, 0.15) is 10.7 Å². The summed E-state index contributed by atoms with van der Waals surface area (Å²) < 4.78 is 40.2. The number of benzene rings is 1. The van der Waals surface area contributed by atoms with E-state index in [1.807, 2.05) is 0 Å². The van der Waals surface area contributed by atoms with E-state index >= 15 is 0 Å². The fourth-order valence-electron chi connectivity index (χ4n) is 3.62. The molecule has 3 nitrogen and oxygen atoms in total. The van der Waals surface area contributed by atoms with Gasteiger partial charge in [0.05, 0.1) is 0 Å². The first-order chi connectivity index (χ1) is 9.54. The van der Waals surface area contributed by atoms with Crippen LogP contribution in [-0.4, -0.2) is 25.8 Å². The van der Waals surface area contributed by atoms with Gasteiger partial charge in [-0.1, -0.05) is 25.0 Å². The second-order valence-electron chi connectivity index (χ2n) is 6.04. The van der Waals surface area contributed by atoms with Crippen molar-refractivity contribution in [3.63, 3.8) is 0 Å². The van der Waals surface area contributed by atoms with Crippen LogP contribution in [0, 0.1) is 11.2 Å². The van der Waals surface area contributed by atoms with E-state index in [1.54, 1.807) is 6.07 Å². The molecule has 110 valence electrons. The Morgan fingerprint density at radius 2 is 1.60 bits per heavy atom. The van der Waals surface area contributed by atoms with Gasteiger partial charge in [-0.2, -0.15) is 4.31 Å². The molecule has 1 aliphatic heterocycles. The Balaban J connectivity index is 1.79. The minimum absolute atomic E-state index is 0.192. The Bertz CT molecular complexity index is 584. The van der Waals surface area contributed by atoms with E-state index < -0.39 is 15.8 Å². The molecule has 5 heteroatoms. The molecule has 0 atom stereocenters. The summed E-state index contributed by atoms with van der Waals surface area (Å²) >= 11 is 0. The molecule has 0 unspecified atom stereocenters. The highest BCUT2D eigenvalue weighted by Crippen LogP contribution is 2.46. The van der Waals surface area contributed by atoms with Crippen molar-refractivity contribution in [1.82, 2.24) is 4.31 Å². The Morgan fingerprint density at radius 3 is 2.20 bits per heavy atom. The summed E-state index contributed by atoms with van der Waals surface area (Å²) in [6.45, 7) is 1.05. The predicted molar refractivity (Wildman–Crippen MR) is 75.3 cm³/mol. The van der Waals surface area contributed by atoms with Crippen LogP contribution < -0.4 is 0 Å². The number of piperidine rings is 1. The van der Waals surface area contributed by atoms with E-state index in [4.69, 9.17) is 0 Å². The largest absolute Gasteiger partial charge is 0.245 e. The smallest absolute Gasteiger partial charge is 0.207 e. The van der Waals surface area contributed by atoms with Crippen molar-refractivity contribution in [1.29, 1.82) is 0 Å². The molecule has 1 saturated heterocycles. The molecule has 1 aromatic carbocycles. The van der Waals surface area contributed by atoms with Gasteiger partial charge in [0.25, 0.3) is 0 Å². The summed E-state index contributed by atoms with van der Waals surface area (Å²) in [5.74, 6) is -0.659. The van der Waals surface area contributed by atoms with Gasteiger partial charge in [0.15, 0.2) is 0 Å². The van der Waals surface area contributed by atoms with Gasteiger partial charge >= 0.3 is 0 Å². The fraction of sp³-hybridized carbons (Fsp3) is 0.600. The molecule has 1 aliphatic carbocycles. The van der Waals surface area contributed by atoms with Crippen LogP contribution in [0.1, 0.15) is 38.5 Å². The summed E-state index contributed by atoms with van der Waals surface area (Å²) in [5.41, 5.74) is 0.362. The summed E-state index contributed by atoms with van der Waals surface area (Å²) in [5, 5.41) is 0. The third-order valence-corrected chi connectivity index (χ3v) is 6.83. The van der Waals surface area contributed by atoms with E-state index in [2.05, 4.69) is 0 Å². The van der Waals surface area contributed by atoms with Gasteiger partial charge in [0, 0.05) is 13.1 Å². The Labute approximate surface area is 119 Å². The van der Waals surface area contributed by atoms with E-state index in [0.717, 1.165) is 12.8 Å². The quantitative estimate of drug-likeness (QED) is 0.841. The number of hydrogen-bond acceptors (Lipinski definition) is 2. The van der Waals surface area contributed by atoms with Crippen molar-refractivity contribution in [2.45, 2.75) is 43.4 Å². The van der Waals surface area contributed by atoms with Gasteiger partial charge in [-0.15, -0.1) is 0 Å². The van der Waals surface area contributed by atoms with E-state index in [9.17, 15) is 12.8 Å². The van der Waals surface area contributed by atoms with Gasteiger partial charge in [0.2, 0.25) is 10.0 Å². The SMILES string of the molecule is O=S(=O)(c1ccccc1F)N1CCC2(CCCC2)CC1.